The summed E-state index contributed by atoms with van der Waals surface area (Å²) in [6.07, 6.45) is 1.81. The maximum Gasteiger partial charge on any atom is 0.137 e. The first-order valence-electron chi connectivity index (χ1n) is 5.60. The molecule has 2 atom stereocenters. The molecule has 0 radical (unpaired) electrons. The fourth-order valence-corrected chi connectivity index (χ4v) is 2.65. The number of benzene rings is 1. The zero-order valence-electron chi connectivity index (χ0n) is 9.05. The predicted molar refractivity (Wildman–Crippen MR) is 63.7 cm³/mol. The highest BCUT2D eigenvalue weighted by atomic mass is 79.9. The largest absolute Gasteiger partial charge is 0.387 e. The second kappa shape index (κ2) is 5.25. The van der Waals surface area contributed by atoms with Crippen molar-refractivity contribution in [3.8, 4) is 0 Å². The molecule has 0 aliphatic carbocycles. The van der Waals surface area contributed by atoms with Gasteiger partial charge in [0, 0.05) is 5.56 Å². The van der Waals surface area contributed by atoms with E-state index in [2.05, 4.69) is 15.9 Å². The third kappa shape index (κ3) is 3.03. The maximum absolute atomic E-state index is 13.0. The molecule has 2 unspecified atom stereocenters. The predicted octanol–water partition coefficient (Wildman–Crippen LogP) is 1.13. The summed E-state index contributed by atoms with van der Waals surface area (Å²) in [6.45, 7) is 2.75. The number of nitrogens with one attached hydrogen (secondary N) is 1. The molecule has 1 saturated heterocycles. The Labute approximate surface area is 103 Å². The van der Waals surface area contributed by atoms with E-state index in [1.165, 1.54) is 11.0 Å². The first-order chi connectivity index (χ1) is 7.65. The Kier molecular flexibility index (Phi) is 3.95. The molecule has 0 bridgehead atoms. The first-order valence-corrected chi connectivity index (χ1v) is 6.40. The van der Waals surface area contributed by atoms with E-state index in [-0.39, 0.29) is 11.9 Å². The normalized spacial score (nSPS) is 25.7. The van der Waals surface area contributed by atoms with Gasteiger partial charge in [-0.15, -0.1) is 0 Å². The number of rotatable bonds is 2. The second-order valence-corrected chi connectivity index (χ2v) is 5.28. The number of quaternary nitrogens is 1. The van der Waals surface area contributed by atoms with E-state index >= 15 is 0 Å². The van der Waals surface area contributed by atoms with Crippen molar-refractivity contribution < 1.29 is 14.4 Å². The zero-order chi connectivity index (χ0) is 11.5. The molecule has 1 aliphatic heterocycles. The topological polar surface area (TPSA) is 24.7 Å². The molecule has 2 rings (SSSR count). The van der Waals surface area contributed by atoms with Gasteiger partial charge in [-0.1, -0.05) is 6.07 Å². The van der Waals surface area contributed by atoms with Gasteiger partial charge < -0.3 is 10.0 Å². The van der Waals surface area contributed by atoms with Gasteiger partial charge in [0.25, 0.3) is 0 Å². The Morgan fingerprint density at radius 2 is 2.31 bits per heavy atom. The monoisotopic (exact) mass is 288 g/mol. The molecule has 0 saturated carbocycles. The third-order valence-corrected chi connectivity index (χ3v) is 3.64. The summed E-state index contributed by atoms with van der Waals surface area (Å²) in [5.74, 6) is -0.225. The van der Waals surface area contributed by atoms with E-state index in [0.717, 1.165) is 38.0 Å². The first kappa shape index (κ1) is 12.0. The van der Waals surface area contributed by atoms with Crippen LogP contribution in [0.15, 0.2) is 22.7 Å². The molecule has 0 spiro atoms. The van der Waals surface area contributed by atoms with Crippen molar-refractivity contribution in [2.45, 2.75) is 25.5 Å². The van der Waals surface area contributed by atoms with Crippen LogP contribution in [0, 0.1) is 5.82 Å². The van der Waals surface area contributed by atoms with Gasteiger partial charge in [0.05, 0.1) is 11.0 Å². The summed E-state index contributed by atoms with van der Waals surface area (Å²) >= 11 is 3.19. The molecular weight excluding hydrogens is 273 g/mol. The highest BCUT2D eigenvalue weighted by Crippen LogP contribution is 2.16. The standard InChI is InChI=1S/C12H15BrFNO/c13-11-6-9(3-4-12(11)14)7-15-5-1-2-10(16)8-15/h3-4,6,10,16H,1-2,5,7-8H2/p+1. The lowest BCUT2D eigenvalue weighted by molar-refractivity contribution is -0.921. The molecule has 1 aromatic rings. The highest BCUT2D eigenvalue weighted by Gasteiger charge is 2.21. The van der Waals surface area contributed by atoms with Crippen LogP contribution in [-0.4, -0.2) is 24.3 Å². The van der Waals surface area contributed by atoms with E-state index in [9.17, 15) is 9.50 Å². The molecule has 0 aromatic heterocycles. The molecule has 16 heavy (non-hydrogen) atoms. The zero-order valence-corrected chi connectivity index (χ0v) is 10.6. The lowest BCUT2D eigenvalue weighted by Crippen LogP contribution is -3.12. The van der Waals surface area contributed by atoms with Crippen molar-refractivity contribution >= 4 is 15.9 Å². The lowest BCUT2D eigenvalue weighted by Gasteiger charge is -2.27. The molecule has 0 amide bonds. The van der Waals surface area contributed by atoms with Gasteiger partial charge in [-0.2, -0.15) is 0 Å². The number of halogens is 2. The molecular formula is C12H16BrFNO+. The van der Waals surface area contributed by atoms with Crippen LogP contribution in [0.2, 0.25) is 0 Å². The number of aliphatic hydroxyl groups excluding tert-OH is 1. The number of piperidine rings is 1. The summed E-state index contributed by atoms with van der Waals surface area (Å²) in [7, 11) is 0. The van der Waals surface area contributed by atoms with Crippen molar-refractivity contribution in [3.05, 3.63) is 34.1 Å². The number of hydrogen-bond acceptors (Lipinski definition) is 1. The number of aliphatic hydroxyl groups is 1. The summed E-state index contributed by atoms with van der Waals surface area (Å²) < 4.78 is 13.6. The number of hydrogen-bond donors (Lipinski definition) is 2. The molecule has 2 nitrogen and oxygen atoms in total. The van der Waals surface area contributed by atoms with Crippen molar-refractivity contribution in [2.75, 3.05) is 13.1 Å². The van der Waals surface area contributed by atoms with Gasteiger partial charge in [-0.25, -0.2) is 4.39 Å². The van der Waals surface area contributed by atoms with E-state index in [1.807, 2.05) is 12.1 Å². The highest BCUT2D eigenvalue weighted by molar-refractivity contribution is 9.10. The smallest absolute Gasteiger partial charge is 0.137 e. The minimum atomic E-state index is -0.225. The SMILES string of the molecule is OC1CCC[NH+](Cc2ccc(F)c(Br)c2)C1. The number of likely N-dealkylation sites (tertiary alicyclic amines) is 1. The summed E-state index contributed by atoms with van der Waals surface area (Å²) in [6, 6.07) is 5.12. The third-order valence-electron chi connectivity index (χ3n) is 3.03. The Hall–Kier alpha value is -0.450. The van der Waals surface area contributed by atoms with Crippen LogP contribution in [-0.2, 0) is 6.54 Å². The summed E-state index contributed by atoms with van der Waals surface area (Å²) in [5, 5.41) is 9.57. The van der Waals surface area contributed by atoms with Gasteiger partial charge in [0.2, 0.25) is 0 Å². The van der Waals surface area contributed by atoms with E-state index in [4.69, 9.17) is 0 Å². The Bertz CT molecular complexity index is 372. The van der Waals surface area contributed by atoms with Crippen LogP contribution in [0.5, 0.6) is 0 Å². The minimum absolute atomic E-state index is 0.173. The van der Waals surface area contributed by atoms with Gasteiger partial charge >= 0.3 is 0 Å². The van der Waals surface area contributed by atoms with Gasteiger partial charge in [-0.3, -0.25) is 0 Å². The molecule has 1 aliphatic rings. The van der Waals surface area contributed by atoms with Crippen molar-refractivity contribution in [1.29, 1.82) is 0 Å². The fraction of sp³-hybridized carbons (Fsp3) is 0.500. The van der Waals surface area contributed by atoms with Crippen LogP contribution in [0.1, 0.15) is 18.4 Å². The fourth-order valence-electron chi connectivity index (χ4n) is 2.22. The maximum atomic E-state index is 13.0. The Morgan fingerprint density at radius 3 is 3.00 bits per heavy atom. The van der Waals surface area contributed by atoms with Gasteiger partial charge in [-0.05, 0) is 40.9 Å². The van der Waals surface area contributed by atoms with Crippen LogP contribution < -0.4 is 4.90 Å². The second-order valence-electron chi connectivity index (χ2n) is 4.43. The Balaban J connectivity index is 2.00. The Morgan fingerprint density at radius 1 is 1.50 bits per heavy atom. The average molecular weight is 289 g/mol. The average Bonchev–Trinajstić information content (AvgIpc) is 2.24. The lowest BCUT2D eigenvalue weighted by atomic mass is 10.1. The van der Waals surface area contributed by atoms with Crippen LogP contribution in [0.4, 0.5) is 4.39 Å². The van der Waals surface area contributed by atoms with Crippen molar-refractivity contribution in [3.63, 3.8) is 0 Å². The minimum Gasteiger partial charge on any atom is -0.387 e. The van der Waals surface area contributed by atoms with Crippen molar-refractivity contribution in [1.82, 2.24) is 0 Å². The molecule has 2 N–H and O–H groups in total. The van der Waals surface area contributed by atoms with Crippen LogP contribution in [0.3, 0.4) is 0 Å². The molecule has 88 valence electrons. The van der Waals surface area contributed by atoms with E-state index in [0.29, 0.717) is 4.47 Å². The van der Waals surface area contributed by atoms with E-state index < -0.39 is 0 Å². The van der Waals surface area contributed by atoms with Gasteiger partial charge in [0.15, 0.2) is 0 Å². The van der Waals surface area contributed by atoms with E-state index in [1.54, 1.807) is 0 Å². The summed E-state index contributed by atoms with van der Waals surface area (Å²) in [4.78, 5) is 1.37. The van der Waals surface area contributed by atoms with Crippen molar-refractivity contribution in [2.24, 2.45) is 0 Å². The molecule has 1 aromatic carbocycles. The molecule has 1 heterocycles. The molecule has 1 fully saturated rings. The summed E-state index contributed by atoms with van der Waals surface area (Å²) in [5.41, 5.74) is 1.11. The quantitative estimate of drug-likeness (QED) is 0.838. The van der Waals surface area contributed by atoms with Crippen LogP contribution >= 0.6 is 15.9 Å². The van der Waals surface area contributed by atoms with Gasteiger partial charge in [0.1, 0.15) is 25.0 Å². The molecule has 4 heteroatoms. The van der Waals surface area contributed by atoms with Crippen LogP contribution in [0.25, 0.3) is 0 Å².